The van der Waals surface area contributed by atoms with Crippen molar-refractivity contribution in [3.05, 3.63) is 57.8 Å². The van der Waals surface area contributed by atoms with E-state index in [1.807, 2.05) is 24.3 Å². The number of rotatable bonds is 6. The highest BCUT2D eigenvalue weighted by molar-refractivity contribution is 7.09. The molecule has 0 amide bonds. The molecule has 0 aliphatic rings. The minimum atomic E-state index is -0.322. The summed E-state index contributed by atoms with van der Waals surface area (Å²) in [6.45, 7) is 1.08. The molecule has 0 aliphatic carbocycles. The first-order chi connectivity index (χ1) is 9.31. The number of carbonyl (C=O) groups is 1. The van der Waals surface area contributed by atoms with Crippen LogP contribution < -0.4 is 0 Å². The van der Waals surface area contributed by atoms with Crippen molar-refractivity contribution in [2.45, 2.75) is 13.0 Å². The highest BCUT2D eigenvalue weighted by Crippen LogP contribution is 2.13. The van der Waals surface area contributed by atoms with Crippen molar-refractivity contribution >= 4 is 17.3 Å². The second-order valence-electron chi connectivity index (χ2n) is 4.03. The zero-order valence-electron chi connectivity index (χ0n) is 10.8. The Morgan fingerprint density at radius 2 is 2.05 bits per heavy atom. The van der Waals surface area contributed by atoms with E-state index in [1.165, 1.54) is 12.0 Å². The lowest BCUT2D eigenvalue weighted by Crippen LogP contribution is -2.07. The van der Waals surface area contributed by atoms with Crippen LogP contribution in [0, 0.1) is 0 Å². The number of benzene rings is 1. The summed E-state index contributed by atoms with van der Waals surface area (Å²) < 4.78 is 10.4. The lowest BCUT2D eigenvalue weighted by atomic mass is 10.1. The normalized spacial score (nSPS) is 10.4. The van der Waals surface area contributed by atoms with Gasteiger partial charge in [0.25, 0.3) is 0 Å². The molecule has 1 aromatic carbocycles. The summed E-state index contributed by atoms with van der Waals surface area (Å²) in [4.78, 5) is 12.9. The fourth-order valence-electron chi connectivity index (χ4n) is 1.76. The Balaban J connectivity index is 1.87. The zero-order chi connectivity index (χ0) is 13.5. The van der Waals surface area contributed by atoms with Gasteiger partial charge >= 0.3 is 5.97 Å². The maximum Gasteiger partial charge on any atom is 0.338 e. The molecule has 0 spiro atoms. The van der Waals surface area contributed by atoms with E-state index in [4.69, 9.17) is 9.47 Å². The second kappa shape index (κ2) is 7.07. The van der Waals surface area contributed by atoms with Crippen molar-refractivity contribution in [2.75, 3.05) is 13.7 Å². The maximum absolute atomic E-state index is 11.6. The van der Waals surface area contributed by atoms with E-state index in [9.17, 15) is 4.79 Å². The van der Waals surface area contributed by atoms with Crippen LogP contribution in [-0.2, 0) is 22.5 Å². The predicted molar refractivity (Wildman–Crippen MR) is 75.5 cm³/mol. The quantitative estimate of drug-likeness (QED) is 0.600. The Kier molecular flexibility index (Phi) is 5.12. The van der Waals surface area contributed by atoms with E-state index in [0.717, 1.165) is 12.0 Å². The van der Waals surface area contributed by atoms with Gasteiger partial charge in [0.15, 0.2) is 0 Å². The van der Waals surface area contributed by atoms with Gasteiger partial charge < -0.3 is 9.47 Å². The molecule has 1 aromatic heterocycles. The van der Waals surface area contributed by atoms with Crippen molar-refractivity contribution in [1.29, 1.82) is 0 Å². The molecular weight excluding hydrogens is 260 g/mol. The van der Waals surface area contributed by atoms with E-state index in [-0.39, 0.29) is 5.97 Å². The molecule has 0 saturated heterocycles. The highest BCUT2D eigenvalue weighted by atomic mass is 32.1. The number of hydrogen-bond acceptors (Lipinski definition) is 4. The minimum absolute atomic E-state index is 0.322. The average Bonchev–Trinajstić information content (AvgIpc) is 2.96. The largest absolute Gasteiger partial charge is 0.465 e. The van der Waals surface area contributed by atoms with Gasteiger partial charge in [-0.15, -0.1) is 11.3 Å². The molecule has 0 bridgehead atoms. The zero-order valence-corrected chi connectivity index (χ0v) is 11.6. The number of methoxy groups -OCH3 is 1. The molecule has 0 N–H and O–H groups in total. The summed E-state index contributed by atoms with van der Waals surface area (Å²) in [6, 6.07) is 11.5. The summed E-state index contributed by atoms with van der Waals surface area (Å²) in [7, 11) is 1.39. The van der Waals surface area contributed by atoms with Gasteiger partial charge in [-0.1, -0.05) is 24.3 Å². The third kappa shape index (κ3) is 3.91. The molecule has 0 unspecified atom stereocenters. The van der Waals surface area contributed by atoms with Crippen LogP contribution in [0.1, 0.15) is 20.8 Å². The first kappa shape index (κ1) is 13.8. The van der Waals surface area contributed by atoms with Crippen LogP contribution in [0.15, 0.2) is 41.8 Å². The summed E-state index contributed by atoms with van der Waals surface area (Å²) >= 11 is 1.73. The Bertz CT molecular complexity index is 520. The smallest absolute Gasteiger partial charge is 0.338 e. The second-order valence-corrected chi connectivity index (χ2v) is 5.06. The molecule has 4 heteroatoms. The number of hydrogen-bond donors (Lipinski definition) is 0. The molecule has 0 aliphatic heterocycles. The molecule has 3 nitrogen and oxygen atoms in total. The average molecular weight is 276 g/mol. The summed E-state index contributed by atoms with van der Waals surface area (Å²) in [5.41, 5.74) is 1.43. The van der Waals surface area contributed by atoms with Gasteiger partial charge in [-0.25, -0.2) is 4.79 Å². The van der Waals surface area contributed by atoms with Gasteiger partial charge in [0.05, 0.1) is 25.9 Å². The molecule has 0 radical (unpaired) electrons. The third-order valence-corrected chi connectivity index (χ3v) is 3.69. The van der Waals surface area contributed by atoms with Gasteiger partial charge in [0.2, 0.25) is 0 Å². The predicted octanol–water partition coefficient (Wildman–Crippen LogP) is 3.29. The van der Waals surface area contributed by atoms with Crippen LogP contribution in [0.5, 0.6) is 0 Å². The van der Waals surface area contributed by atoms with Crippen LogP contribution >= 0.6 is 11.3 Å². The topological polar surface area (TPSA) is 35.5 Å². The Labute approximate surface area is 116 Å². The monoisotopic (exact) mass is 276 g/mol. The molecular formula is C15H16O3S. The van der Waals surface area contributed by atoms with Crippen LogP contribution in [0.2, 0.25) is 0 Å². The molecule has 19 heavy (non-hydrogen) atoms. The lowest BCUT2D eigenvalue weighted by Gasteiger charge is -2.08. The van der Waals surface area contributed by atoms with Crippen molar-refractivity contribution in [3.63, 3.8) is 0 Å². The SMILES string of the molecule is COC(=O)c1ccccc1COCCc1cccs1. The van der Waals surface area contributed by atoms with Gasteiger partial charge in [0, 0.05) is 11.3 Å². The van der Waals surface area contributed by atoms with Gasteiger partial charge in [-0.3, -0.25) is 0 Å². The van der Waals surface area contributed by atoms with Crippen LogP contribution in [0.3, 0.4) is 0 Å². The molecule has 2 aromatic rings. The first-order valence-corrected chi connectivity index (χ1v) is 6.95. The number of ether oxygens (including phenoxy) is 2. The number of thiophene rings is 1. The van der Waals surface area contributed by atoms with Crippen molar-refractivity contribution in [1.82, 2.24) is 0 Å². The first-order valence-electron chi connectivity index (χ1n) is 6.07. The standard InChI is InChI=1S/C15H16O3S/c1-17-15(16)14-7-3-2-5-12(14)11-18-9-8-13-6-4-10-19-13/h2-7,10H,8-9,11H2,1H3. The van der Waals surface area contributed by atoms with Gasteiger partial charge in [-0.05, 0) is 23.1 Å². The van der Waals surface area contributed by atoms with E-state index >= 15 is 0 Å². The lowest BCUT2D eigenvalue weighted by molar-refractivity contribution is 0.0592. The van der Waals surface area contributed by atoms with E-state index in [0.29, 0.717) is 18.8 Å². The Hall–Kier alpha value is -1.65. The Morgan fingerprint density at radius 3 is 2.79 bits per heavy atom. The Morgan fingerprint density at radius 1 is 1.21 bits per heavy atom. The molecule has 100 valence electrons. The third-order valence-electron chi connectivity index (χ3n) is 2.75. The van der Waals surface area contributed by atoms with Crippen LogP contribution in [0.25, 0.3) is 0 Å². The maximum atomic E-state index is 11.6. The van der Waals surface area contributed by atoms with Crippen molar-refractivity contribution < 1.29 is 14.3 Å². The summed E-state index contributed by atoms with van der Waals surface area (Å²) in [6.07, 6.45) is 0.901. The molecule has 1 heterocycles. The fraction of sp³-hybridized carbons (Fsp3) is 0.267. The molecule has 0 fully saturated rings. The molecule has 2 rings (SSSR count). The van der Waals surface area contributed by atoms with E-state index in [1.54, 1.807) is 17.4 Å². The summed E-state index contributed by atoms with van der Waals surface area (Å²) in [5, 5.41) is 2.06. The molecule has 0 saturated carbocycles. The van der Waals surface area contributed by atoms with Gasteiger partial charge in [0.1, 0.15) is 0 Å². The van der Waals surface area contributed by atoms with Gasteiger partial charge in [-0.2, -0.15) is 0 Å². The fourth-order valence-corrected chi connectivity index (χ4v) is 2.46. The van der Waals surface area contributed by atoms with Crippen molar-refractivity contribution in [3.8, 4) is 0 Å². The minimum Gasteiger partial charge on any atom is -0.465 e. The van der Waals surface area contributed by atoms with Crippen molar-refractivity contribution in [2.24, 2.45) is 0 Å². The summed E-state index contributed by atoms with van der Waals surface area (Å²) in [5.74, 6) is -0.322. The van der Waals surface area contributed by atoms with Crippen LogP contribution in [-0.4, -0.2) is 19.7 Å². The number of esters is 1. The molecule has 0 atom stereocenters. The number of carbonyl (C=O) groups excluding carboxylic acids is 1. The van der Waals surface area contributed by atoms with E-state index < -0.39 is 0 Å². The van der Waals surface area contributed by atoms with E-state index in [2.05, 4.69) is 11.4 Å². The highest BCUT2D eigenvalue weighted by Gasteiger charge is 2.10. The van der Waals surface area contributed by atoms with Crippen LogP contribution in [0.4, 0.5) is 0 Å².